The number of carbonyl (C=O) groups excluding carboxylic acids is 1. The lowest BCUT2D eigenvalue weighted by atomic mass is 9.93. The van der Waals surface area contributed by atoms with Gasteiger partial charge < -0.3 is 9.88 Å². The van der Waals surface area contributed by atoms with Gasteiger partial charge in [0, 0.05) is 24.2 Å². The Hall–Kier alpha value is -2.95. The first-order valence-corrected chi connectivity index (χ1v) is 10.6. The van der Waals surface area contributed by atoms with Crippen LogP contribution >= 0.6 is 0 Å². The van der Waals surface area contributed by atoms with Crippen molar-refractivity contribution < 1.29 is 4.79 Å². The van der Waals surface area contributed by atoms with E-state index >= 15 is 0 Å². The summed E-state index contributed by atoms with van der Waals surface area (Å²) in [5, 5.41) is 11.9. The zero-order valence-corrected chi connectivity index (χ0v) is 17.0. The molecule has 1 atom stereocenters. The molecule has 0 radical (unpaired) electrons. The lowest BCUT2D eigenvalue weighted by molar-refractivity contribution is -0.117. The zero-order chi connectivity index (χ0) is 20.1. The van der Waals surface area contributed by atoms with Crippen LogP contribution in [0.25, 0.3) is 11.4 Å². The summed E-state index contributed by atoms with van der Waals surface area (Å²) in [6, 6.07) is 18.0. The molecule has 0 unspecified atom stereocenters. The van der Waals surface area contributed by atoms with E-state index < -0.39 is 0 Å². The van der Waals surface area contributed by atoms with Crippen molar-refractivity contribution in [2.75, 3.05) is 5.32 Å². The van der Waals surface area contributed by atoms with Crippen LogP contribution in [0, 0.1) is 0 Å². The van der Waals surface area contributed by atoms with Gasteiger partial charge in [-0.2, -0.15) is 0 Å². The fourth-order valence-electron chi connectivity index (χ4n) is 4.05. The number of aromatic nitrogens is 3. The monoisotopic (exact) mass is 388 g/mol. The number of nitrogens with zero attached hydrogens (tertiary/aromatic N) is 3. The van der Waals surface area contributed by atoms with Crippen molar-refractivity contribution in [2.45, 2.75) is 57.9 Å². The number of rotatable bonds is 6. The van der Waals surface area contributed by atoms with Gasteiger partial charge in [-0.1, -0.05) is 50.1 Å². The Bertz CT molecular complexity index is 947. The Morgan fingerprint density at radius 2 is 1.83 bits per heavy atom. The van der Waals surface area contributed by atoms with E-state index in [9.17, 15) is 4.79 Å². The van der Waals surface area contributed by atoms with E-state index in [0.717, 1.165) is 54.3 Å². The molecule has 0 aliphatic carbocycles. The summed E-state index contributed by atoms with van der Waals surface area (Å²) in [5.74, 6) is 1.92. The van der Waals surface area contributed by atoms with Crippen molar-refractivity contribution in [2.24, 2.45) is 0 Å². The molecular formula is C24H28N4O. The van der Waals surface area contributed by atoms with E-state index in [4.69, 9.17) is 0 Å². The number of hydrogen-bond acceptors (Lipinski definition) is 3. The van der Waals surface area contributed by atoms with Gasteiger partial charge in [-0.3, -0.25) is 4.79 Å². The predicted molar refractivity (Wildman–Crippen MR) is 116 cm³/mol. The number of nitrogens with one attached hydrogen (secondary N) is 1. The minimum atomic E-state index is -0.131. The molecule has 0 saturated heterocycles. The highest BCUT2D eigenvalue weighted by Gasteiger charge is 2.20. The highest BCUT2D eigenvalue weighted by Crippen LogP contribution is 2.26. The van der Waals surface area contributed by atoms with Crippen molar-refractivity contribution in [1.29, 1.82) is 0 Å². The van der Waals surface area contributed by atoms with Crippen LogP contribution in [-0.2, 0) is 17.8 Å². The highest BCUT2D eigenvalue weighted by atomic mass is 16.1. The van der Waals surface area contributed by atoms with Crippen LogP contribution in [0.3, 0.4) is 0 Å². The molecule has 0 bridgehead atoms. The zero-order valence-electron chi connectivity index (χ0n) is 17.0. The van der Waals surface area contributed by atoms with Crippen molar-refractivity contribution in [1.82, 2.24) is 14.8 Å². The van der Waals surface area contributed by atoms with Crippen molar-refractivity contribution in [3.8, 4) is 11.4 Å². The van der Waals surface area contributed by atoms with Crippen LogP contribution in [0.1, 0.15) is 56.3 Å². The molecule has 0 spiro atoms. The maximum Gasteiger partial charge on any atom is 0.231 e. The second-order valence-electron chi connectivity index (χ2n) is 7.72. The number of anilines is 1. The highest BCUT2D eigenvalue weighted by molar-refractivity contribution is 5.96. The van der Waals surface area contributed by atoms with Crippen LogP contribution < -0.4 is 5.32 Å². The molecule has 0 saturated carbocycles. The van der Waals surface area contributed by atoms with Gasteiger partial charge in [0.05, 0.1) is 5.92 Å². The molecule has 1 amide bonds. The molecular weight excluding hydrogens is 360 g/mol. The number of benzene rings is 2. The molecule has 1 aromatic heterocycles. The lowest BCUT2D eigenvalue weighted by Crippen LogP contribution is -2.21. The van der Waals surface area contributed by atoms with E-state index in [1.807, 2.05) is 54.6 Å². The first-order chi connectivity index (χ1) is 14.3. The summed E-state index contributed by atoms with van der Waals surface area (Å²) in [6.07, 6.45) is 6.39. The first-order valence-electron chi connectivity index (χ1n) is 10.6. The number of aryl methyl sites for hydroxylation is 1. The van der Waals surface area contributed by atoms with E-state index in [2.05, 4.69) is 27.0 Å². The minimum absolute atomic E-state index is 0.0437. The average Bonchev–Trinajstić information content (AvgIpc) is 3.01. The van der Waals surface area contributed by atoms with Gasteiger partial charge in [-0.25, -0.2) is 0 Å². The van der Waals surface area contributed by atoms with Crippen molar-refractivity contribution in [3.63, 3.8) is 0 Å². The molecule has 1 aliphatic heterocycles. The summed E-state index contributed by atoms with van der Waals surface area (Å²) in [7, 11) is 0. The molecule has 1 N–H and O–H groups in total. The normalized spacial score (nSPS) is 14.7. The molecule has 5 heteroatoms. The van der Waals surface area contributed by atoms with Gasteiger partial charge in [0.1, 0.15) is 5.82 Å². The number of carbonyl (C=O) groups is 1. The van der Waals surface area contributed by atoms with E-state index in [1.165, 1.54) is 19.3 Å². The van der Waals surface area contributed by atoms with Crippen LogP contribution in [0.15, 0.2) is 54.6 Å². The third-order valence-electron chi connectivity index (χ3n) is 5.62. The third-order valence-corrected chi connectivity index (χ3v) is 5.62. The molecule has 3 aromatic rings. The van der Waals surface area contributed by atoms with Gasteiger partial charge in [0.15, 0.2) is 5.82 Å². The Kier molecular flexibility index (Phi) is 6.03. The molecule has 1 aliphatic rings. The molecule has 29 heavy (non-hydrogen) atoms. The van der Waals surface area contributed by atoms with Crippen LogP contribution in [-0.4, -0.2) is 20.7 Å². The topological polar surface area (TPSA) is 59.8 Å². The van der Waals surface area contributed by atoms with Crippen LogP contribution in [0.4, 0.5) is 5.69 Å². The second kappa shape index (κ2) is 9.03. The summed E-state index contributed by atoms with van der Waals surface area (Å²) in [6.45, 7) is 3.09. The van der Waals surface area contributed by atoms with Gasteiger partial charge in [0.25, 0.3) is 0 Å². The lowest BCUT2D eigenvalue weighted by Gasteiger charge is -2.17. The van der Waals surface area contributed by atoms with E-state index in [1.54, 1.807) is 0 Å². The number of fused-ring (bicyclic) bond motifs is 1. The maximum absolute atomic E-state index is 12.9. The summed E-state index contributed by atoms with van der Waals surface area (Å²) in [4.78, 5) is 12.9. The molecule has 5 nitrogen and oxygen atoms in total. The predicted octanol–water partition coefficient (Wildman–Crippen LogP) is 5.19. The third kappa shape index (κ3) is 4.39. The Balaban J connectivity index is 1.49. The van der Waals surface area contributed by atoms with Gasteiger partial charge in [-0.15, -0.1) is 10.2 Å². The van der Waals surface area contributed by atoms with Gasteiger partial charge in [0.2, 0.25) is 5.91 Å². The van der Waals surface area contributed by atoms with Crippen molar-refractivity contribution >= 4 is 11.6 Å². The number of amides is 1. The summed E-state index contributed by atoms with van der Waals surface area (Å²) >= 11 is 0. The minimum Gasteiger partial charge on any atom is -0.326 e. The SMILES string of the molecule is CCC[C@@H](C(=O)Nc1ccc(-c2nnc3n2CCCCC3)cc1)c1ccccc1. The van der Waals surface area contributed by atoms with Gasteiger partial charge >= 0.3 is 0 Å². The second-order valence-corrected chi connectivity index (χ2v) is 7.72. The molecule has 150 valence electrons. The fourth-order valence-corrected chi connectivity index (χ4v) is 4.05. The van der Waals surface area contributed by atoms with E-state index in [-0.39, 0.29) is 11.8 Å². The largest absolute Gasteiger partial charge is 0.326 e. The average molecular weight is 389 g/mol. The van der Waals surface area contributed by atoms with E-state index in [0.29, 0.717) is 0 Å². The van der Waals surface area contributed by atoms with Crippen LogP contribution in [0.2, 0.25) is 0 Å². The Morgan fingerprint density at radius 1 is 1.03 bits per heavy atom. The van der Waals surface area contributed by atoms with Crippen LogP contribution in [0.5, 0.6) is 0 Å². The standard InChI is InChI=1S/C24H28N4O/c1-2-9-21(18-10-5-3-6-11-18)24(29)25-20-15-13-19(14-16-20)23-27-26-22-12-7-4-8-17-28(22)23/h3,5-6,10-11,13-16,21H,2,4,7-9,12,17H2,1H3,(H,25,29)/t21-/m1/s1. The molecule has 4 rings (SSSR count). The first kappa shape index (κ1) is 19.4. The Labute approximate surface area is 172 Å². The summed E-state index contributed by atoms with van der Waals surface area (Å²) in [5.41, 5.74) is 2.91. The molecule has 0 fully saturated rings. The summed E-state index contributed by atoms with van der Waals surface area (Å²) < 4.78 is 2.24. The maximum atomic E-state index is 12.9. The quantitative estimate of drug-likeness (QED) is 0.632. The van der Waals surface area contributed by atoms with Gasteiger partial charge in [-0.05, 0) is 49.1 Å². The molecule has 2 aromatic carbocycles. The molecule has 2 heterocycles. The smallest absolute Gasteiger partial charge is 0.231 e. The Morgan fingerprint density at radius 3 is 2.59 bits per heavy atom. The van der Waals surface area contributed by atoms with Crippen molar-refractivity contribution in [3.05, 3.63) is 66.0 Å². The fraction of sp³-hybridized carbons (Fsp3) is 0.375. The number of hydrogen-bond donors (Lipinski definition) is 1.